The summed E-state index contributed by atoms with van der Waals surface area (Å²) >= 11 is 1.25. The number of fused-ring (bicyclic) bond motifs is 1. The molecule has 2 aromatic carbocycles. The van der Waals surface area contributed by atoms with Crippen LogP contribution in [0.5, 0.6) is 5.75 Å². The number of benzene rings is 2. The van der Waals surface area contributed by atoms with Gasteiger partial charge in [-0.15, -0.1) is 11.3 Å². The summed E-state index contributed by atoms with van der Waals surface area (Å²) in [4.78, 5) is 4.26. The maximum atomic E-state index is 12.7. The molecule has 0 bridgehead atoms. The summed E-state index contributed by atoms with van der Waals surface area (Å²) in [5.41, 5.74) is -0.00473. The van der Waals surface area contributed by atoms with Gasteiger partial charge in [0.15, 0.2) is 0 Å². The molecule has 0 aliphatic rings. The molecular formula is C14H8F3NOS. The van der Waals surface area contributed by atoms with E-state index in [1.165, 1.54) is 11.3 Å². The zero-order chi connectivity index (χ0) is 14.3. The Bertz CT molecular complexity index is 746. The summed E-state index contributed by atoms with van der Waals surface area (Å²) in [6.07, 6.45) is -4.45. The predicted octanol–water partition coefficient (Wildman–Crippen LogP) is 4.69. The number of phenolic OH excluding ortho intramolecular Hbond substituents is 1. The van der Waals surface area contributed by atoms with Crippen LogP contribution in [0.1, 0.15) is 5.56 Å². The molecule has 0 radical (unpaired) electrons. The number of rotatable bonds is 1. The van der Waals surface area contributed by atoms with Crippen LogP contribution in [0.3, 0.4) is 0 Å². The third-order valence-corrected chi connectivity index (χ3v) is 3.92. The molecule has 1 aromatic heterocycles. The molecule has 0 aliphatic heterocycles. The number of hydrogen-bond acceptors (Lipinski definition) is 3. The van der Waals surface area contributed by atoms with Gasteiger partial charge in [-0.25, -0.2) is 4.98 Å². The number of alkyl halides is 3. The lowest BCUT2D eigenvalue weighted by Crippen LogP contribution is -2.04. The number of phenols is 1. The highest BCUT2D eigenvalue weighted by Gasteiger charge is 2.31. The van der Waals surface area contributed by atoms with Crippen LogP contribution in [-0.4, -0.2) is 10.1 Å². The lowest BCUT2D eigenvalue weighted by Gasteiger charge is -2.08. The van der Waals surface area contributed by atoms with Crippen molar-refractivity contribution in [2.24, 2.45) is 0 Å². The molecule has 6 heteroatoms. The van der Waals surface area contributed by atoms with Gasteiger partial charge in [0.1, 0.15) is 10.8 Å². The van der Waals surface area contributed by atoms with Crippen LogP contribution in [0.25, 0.3) is 20.8 Å². The predicted molar refractivity (Wildman–Crippen MR) is 71.7 cm³/mol. The fraction of sp³-hybridized carbons (Fsp3) is 0.0714. The number of hydrogen-bond donors (Lipinski definition) is 1. The monoisotopic (exact) mass is 295 g/mol. The van der Waals surface area contributed by atoms with E-state index in [2.05, 4.69) is 4.98 Å². The lowest BCUT2D eigenvalue weighted by molar-refractivity contribution is -0.137. The molecule has 3 rings (SSSR count). The quantitative estimate of drug-likeness (QED) is 0.706. The first kappa shape index (κ1) is 12.9. The van der Waals surface area contributed by atoms with Crippen LogP contribution >= 0.6 is 11.3 Å². The highest BCUT2D eigenvalue weighted by Crippen LogP contribution is 2.39. The van der Waals surface area contributed by atoms with Crippen molar-refractivity contribution in [3.05, 3.63) is 48.0 Å². The van der Waals surface area contributed by atoms with Gasteiger partial charge in [-0.2, -0.15) is 13.2 Å². The summed E-state index contributed by atoms with van der Waals surface area (Å²) in [5.74, 6) is -0.211. The second-order valence-electron chi connectivity index (χ2n) is 4.22. The summed E-state index contributed by atoms with van der Waals surface area (Å²) in [7, 11) is 0. The normalized spacial score (nSPS) is 11.9. The van der Waals surface area contributed by atoms with Crippen LogP contribution < -0.4 is 0 Å². The van der Waals surface area contributed by atoms with Gasteiger partial charge in [0.25, 0.3) is 0 Å². The van der Waals surface area contributed by atoms with E-state index in [1.54, 1.807) is 12.1 Å². The molecule has 0 saturated carbocycles. The Morgan fingerprint density at radius 3 is 2.50 bits per heavy atom. The molecule has 20 heavy (non-hydrogen) atoms. The number of thiazole rings is 1. The molecule has 0 atom stereocenters. The summed E-state index contributed by atoms with van der Waals surface area (Å²) in [6.45, 7) is 0. The molecule has 0 amide bonds. The minimum Gasteiger partial charge on any atom is -0.507 e. The van der Waals surface area contributed by atoms with Crippen molar-refractivity contribution in [2.75, 3.05) is 0 Å². The highest BCUT2D eigenvalue weighted by molar-refractivity contribution is 7.21. The van der Waals surface area contributed by atoms with Crippen LogP contribution in [0.15, 0.2) is 42.5 Å². The largest absolute Gasteiger partial charge is 0.507 e. The molecule has 0 spiro atoms. The summed E-state index contributed by atoms with van der Waals surface area (Å²) in [6, 6.07) is 10.1. The Labute approximate surface area is 116 Å². The zero-order valence-corrected chi connectivity index (χ0v) is 10.8. The third kappa shape index (κ3) is 2.22. The van der Waals surface area contributed by atoms with Crippen LogP contribution in [0, 0.1) is 0 Å². The van der Waals surface area contributed by atoms with E-state index in [0.29, 0.717) is 10.5 Å². The molecule has 102 valence electrons. The fourth-order valence-electron chi connectivity index (χ4n) is 1.87. The second kappa shape index (κ2) is 4.49. The van der Waals surface area contributed by atoms with Crippen molar-refractivity contribution >= 4 is 21.6 Å². The number of halogens is 3. The first-order chi connectivity index (χ1) is 9.45. The zero-order valence-electron chi connectivity index (χ0n) is 9.98. The van der Waals surface area contributed by atoms with Crippen molar-refractivity contribution in [3.63, 3.8) is 0 Å². The molecule has 1 N–H and O–H groups in total. The van der Waals surface area contributed by atoms with Gasteiger partial charge >= 0.3 is 6.18 Å². The lowest BCUT2D eigenvalue weighted by atomic mass is 10.1. The summed E-state index contributed by atoms with van der Waals surface area (Å²) in [5, 5.41) is 10.1. The van der Waals surface area contributed by atoms with Crippen molar-refractivity contribution in [1.29, 1.82) is 0 Å². The Morgan fingerprint density at radius 1 is 1.05 bits per heavy atom. The van der Waals surface area contributed by atoms with E-state index in [-0.39, 0.29) is 11.3 Å². The van der Waals surface area contributed by atoms with E-state index in [0.717, 1.165) is 22.9 Å². The Morgan fingerprint density at radius 2 is 1.80 bits per heavy atom. The van der Waals surface area contributed by atoms with Gasteiger partial charge in [-0.3, -0.25) is 0 Å². The average molecular weight is 295 g/mol. The highest BCUT2D eigenvalue weighted by atomic mass is 32.1. The van der Waals surface area contributed by atoms with Crippen molar-refractivity contribution in [3.8, 4) is 16.3 Å². The molecule has 3 aromatic rings. The molecule has 0 saturated heterocycles. The van der Waals surface area contributed by atoms with E-state index >= 15 is 0 Å². The molecule has 0 aliphatic carbocycles. The van der Waals surface area contributed by atoms with E-state index in [1.807, 2.05) is 12.1 Å². The van der Waals surface area contributed by atoms with E-state index < -0.39 is 11.7 Å². The summed E-state index contributed by atoms with van der Waals surface area (Å²) < 4.78 is 39.0. The minimum absolute atomic E-state index is 0.0982. The smallest absolute Gasteiger partial charge is 0.416 e. The fourth-order valence-corrected chi connectivity index (χ4v) is 2.86. The van der Waals surface area contributed by atoms with Gasteiger partial charge < -0.3 is 5.11 Å². The molecule has 0 unspecified atom stereocenters. The van der Waals surface area contributed by atoms with Crippen LogP contribution in [0.4, 0.5) is 13.2 Å². The van der Waals surface area contributed by atoms with Gasteiger partial charge in [0.2, 0.25) is 0 Å². The Kier molecular flexibility index (Phi) is 2.90. The third-order valence-electron chi connectivity index (χ3n) is 2.85. The maximum absolute atomic E-state index is 12.7. The van der Waals surface area contributed by atoms with Gasteiger partial charge in [-0.05, 0) is 30.3 Å². The number of nitrogens with zero attached hydrogens (tertiary/aromatic N) is 1. The minimum atomic E-state index is -4.45. The van der Waals surface area contributed by atoms with Crippen LogP contribution in [-0.2, 0) is 6.18 Å². The number of aromatic hydroxyl groups is 1. The molecule has 1 heterocycles. The van der Waals surface area contributed by atoms with Gasteiger partial charge in [-0.1, -0.05) is 12.1 Å². The maximum Gasteiger partial charge on any atom is 0.416 e. The van der Waals surface area contributed by atoms with Crippen molar-refractivity contribution in [1.82, 2.24) is 4.98 Å². The van der Waals surface area contributed by atoms with Gasteiger partial charge in [0, 0.05) is 0 Å². The molecule has 0 fully saturated rings. The number of aromatic nitrogens is 1. The molecular weight excluding hydrogens is 287 g/mol. The second-order valence-corrected chi connectivity index (χ2v) is 5.25. The molecule has 2 nitrogen and oxygen atoms in total. The Hall–Kier alpha value is -2.08. The van der Waals surface area contributed by atoms with Crippen LogP contribution in [0.2, 0.25) is 0 Å². The number of para-hydroxylation sites is 1. The van der Waals surface area contributed by atoms with Crippen molar-refractivity contribution < 1.29 is 18.3 Å². The van der Waals surface area contributed by atoms with E-state index in [9.17, 15) is 18.3 Å². The standard InChI is InChI=1S/C14H8F3NOS/c15-14(16,17)8-5-6-11(19)9(7-8)13-18-10-3-1-2-4-12(10)20-13/h1-7,19H. The van der Waals surface area contributed by atoms with Crippen molar-refractivity contribution in [2.45, 2.75) is 6.18 Å². The average Bonchev–Trinajstić information content (AvgIpc) is 2.81. The Balaban J connectivity index is 2.17. The first-order valence-electron chi connectivity index (χ1n) is 5.71. The van der Waals surface area contributed by atoms with E-state index in [4.69, 9.17) is 0 Å². The SMILES string of the molecule is Oc1ccc(C(F)(F)F)cc1-c1nc2ccccc2s1. The van der Waals surface area contributed by atoms with Gasteiger partial charge in [0.05, 0.1) is 21.3 Å². The topological polar surface area (TPSA) is 33.1 Å². The first-order valence-corrected chi connectivity index (χ1v) is 6.53.